The van der Waals surface area contributed by atoms with Crippen molar-refractivity contribution in [2.75, 3.05) is 13.2 Å². The van der Waals surface area contributed by atoms with Crippen molar-refractivity contribution < 1.29 is 28.6 Å². The van der Waals surface area contributed by atoms with Crippen LogP contribution in [0.4, 0.5) is 0 Å². The fourth-order valence-electron chi connectivity index (χ4n) is 8.18. The highest BCUT2D eigenvalue weighted by atomic mass is 16.6. The maximum atomic E-state index is 12.9. The fourth-order valence-corrected chi connectivity index (χ4v) is 8.18. The topological polar surface area (TPSA) is 78.9 Å². The molecule has 0 radical (unpaired) electrons. The number of carbonyl (C=O) groups is 3. The first-order valence-electron chi connectivity index (χ1n) is 30.4. The number of carbonyl (C=O) groups excluding carboxylic acids is 3. The zero-order valence-electron chi connectivity index (χ0n) is 47.6. The van der Waals surface area contributed by atoms with E-state index in [4.69, 9.17) is 14.2 Å². The van der Waals surface area contributed by atoms with Crippen LogP contribution in [0, 0.1) is 0 Å². The van der Waals surface area contributed by atoms with Gasteiger partial charge in [0.1, 0.15) is 13.2 Å². The van der Waals surface area contributed by atoms with E-state index >= 15 is 0 Å². The SMILES string of the molecule is CC/C=C\C/C=C\C/C=C\C/C=C\C/C=C\CCCCCC(=O)OC[C@H](COC(=O)CCCCCCCCCCCCC/C=C\CCCCCCCC)OC(=O)CCCC/C=C\C/C=C\C/C=C\CCCCC. The van der Waals surface area contributed by atoms with Crippen LogP contribution in [0.3, 0.4) is 0 Å². The van der Waals surface area contributed by atoms with Crippen LogP contribution < -0.4 is 0 Å². The maximum absolute atomic E-state index is 12.9. The van der Waals surface area contributed by atoms with E-state index in [0.29, 0.717) is 19.3 Å². The lowest BCUT2D eigenvalue weighted by Crippen LogP contribution is -2.30. The Labute approximate surface area is 450 Å². The molecule has 6 heteroatoms. The highest BCUT2D eigenvalue weighted by Crippen LogP contribution is 2.15. The van der Waals surface area contributed by atoms with Crippen LogP contribution in [-0.2, 0) is 28.6 Å². The van der Waals surface area contributed by atoms with Crippen molar-refractivity contribution in [3.05, 3.63) is 109 Å². The smallest absolute Gasteiger partial charge is 0.306 e. The summed E-state index contributed by atoms with van der Waals surface area (Å²) in [5.74, 6) is -0.975. The molecule has 0 aromatic rings. The lowest BCUT2D eigenvalue weighted by molar-refractivity contribution is -0.167. The number of hydrogen-bond acceptors (Lipinski definition) is 6. The van der Waals surface area contributed by atoms with Crippen molar-refractivity contribution in [2.24, 2.45) is 0 Å². The number of unbranched alkanes of at least 4 members (excludes halogenated alkanes) is 25. The first kappa shape index (κ1) is 69.1. The van der Waals surface area contributed by atoms with Crippen LogP contribution >= 0.6 is 0 Å². The van der Waals surface area contributed by atoms with Crippen LogP contribution in [0.15, 0.2) is 109 Å². The lowest BCUT2D eigenvalue weighted by atomic mass is 10.0. The van der Waals surface area contributed by atoms with Crippen LogP contribution in [-0.4, -0.2) is 37.2 Å². The predicted molar refractivity (Wildman–Crippen MR) is 316 cm³/mol. The molecule has 0 aromatic heterocycles. The molecule has 0 aliphatic heterocycles. The number of esters is 3. The van der Waals surface area contributed by atoms with Crippen molar-refractivity contribution in [3.8, 4) is 0 Å². The van der Waals surface area contributed by atoms with Crippen LogP contribution in [0.5, 0.6) is 0 Å². The summed E-state index contributed by atoms with van der Waals surface area (Å²) in [6.45, 7) is 6.44. The summed E-state index contributed by atoms with van der Waals surface area (Å²) in [5, 5.41) is 0. The van der Waals surface area contributed by atoms with E-state index in [1.807, 2.05) is 0 Å². The van der Waals surface area contributed by atoms with Gasteiger partial charge in [0.05, 0.1) is 0 Å². The van der Waals surface area contributed by atoms with Gasteiger partial charge in [0.15, 0.2) is 6.10 Å². The summed E-state index contributed by atoms with van der Waals surface area (Å²) >= 11 is 0. The molecule has 1 atom stereocenters. The molecule has 0 aliphatic carbocycles. The van der Waals surface area contributed by atoms with Crippen molar-refractivity contribution in [1.82, 2.24) is 0 Å². The van der Waals surface area contributed by atoms with Crippen LogP contribution in [0.25, 0.3) is 0 Å². The van der Waals surface area contributed by atoms with Gasteiger partial charge in [0.2, 0.25) is 0 Å². The Hall–Kier alpha value is -3.93. The second-order valence-corrected chi connectivity index (χ2v) is 19.9. The molecule has 0 aliphatic rings. The second kappa shape index (κ2) is 60.6. The van der Waals surface area contributed by atoms with Gasteiger partial charge in [0.25, 0.3) is 0 Å². The molecule has 0 bridgehead atoms. The van der Waals surface area contributed by atoms with Crippen molar-refractivity contribution in [3.63, 3.8) is 0 Å². The number of hydrogen-bond donors (Lipinski definition) is 0. The molecule has 416 valence electrons. The molecule has 0 N–H and O–H groups in total. The Morgan fingerprint density at radius 1 is 0.288 bits per heavy atom. The highest BCUT2D eigenvalue weighted by Gasteiger charge is 2.19. The molecule has 0 unspecified atom stereocenters. The molecule has 0 saturated heterocycles. The molecular weight excluding hydrogens is 901 g/mol. The third-order valence-corrected chi connectivity index (χ3v) is 12.7. The first-order chi connectivity index (χ1) is 36.0. The van der Waals surface area contributed by atoms with Crippen molar-refractivity contribution in [2.45, 2.75) is 284 Å². The zero-order valence-corrected chi connectivity index (χ0v) is 47.6. The fraction of sp³-hybridized carbons (Fsp3) is 0.687. The number of allylic oxidation sites excluding steroid dienone is 18. The highest BCUT2D eigenvalue weighted by molar-refractivity contribution is 5.71. The lowest BCUT2D eigenvalue weighted by Gasteiger charge is -2.18. The van der Waals surface area contributed by atoms with E-state index in [9.17, 15) is 14.4 Å². The Kier molecular flexibility index (Phi) is 57.4. The predicted octanol–water partition coefficient (Wildman–Crippen LogP) is 20.7. The quantitative estimate of drug-likeness (QED) is 0.0261. The Bertz CT molecular complexity index is 1490. The number of ether oxygens (including phenoxy) is 3. The van der Waals surface area contributed by atoms with Gasteiger partial charge in [-0.15, -0.1) is 0 Å². The average Bonchev–Trinajstić information content (AvgIpc) is 3.39. The maximum Gasteiger partial charge on any atom is 0.306 e. The van der Waals surface area contributed by atoms with Crippen molar-refractivity contribution >= 4 is 17.9 Å². The van der Waals surface area contributed by atoms with Gasteiger partial charge in [0, 0.05) is 19.3 Å². The molecular formula is C67H112O6. The molecule has 0 rings (SSSR count). The summed E-state index contributed by atoms with van der Waals surface area (Å²) in [6, 6.07) is 0. The molecule has 0 aromatic carbocycles. The largest absolute Gasteiger partial charge is 0.462 e. The summed E-state index contributed by atoms with van der Waals surface area (Å²) < 4.78 is 16.8. The van der Waals surface area contributed by atoms with Gasteiger partial charge in [-0.25, -0.2) is 0 Å². The number of rotatable bonds is 54. The summed E-state index contributed by atoms with van der Waals surface area (Å²) in [6.07, 6.45) is 82.3. The van der Waals surface area contributed by atoms with Gasteiger partial charge in [-0.3, -0.25) is 14.4 Å². The molecule has 0 saturated carbocycles. The third-order valence-electron chi connectivity index (χ3n) is 12.7. The zero-order chi connectivity index (χ0) is 52.9. The van der Waals surface area contributed by atoms with E-state index < -0.39 is 6.10 Å². The minimum absolute atomic E-state index is 0.105. The second-order valence-electron chi connectivity index (χ2n) is 19.9. The minimum Gasteiger partial charge on any atom is -0.462 e. The summed E-state index contributed by atoms with van der Waals surface area (Å²) in [7, 11) is 0. The summed E-state index contributed by atoms with van der Waals surface area (Å²) in [5.41, 5.74) is 0. The molecule has 0 spiro atoms. The van der Waals surface area contributed by atoms with Gasteiger partial charge >= 0.3 is 17.9 Å². The Morgan fingerprint density at radius 3 is 0.918 bits per heavy atom. The van der Waals surface area contributed by atoms with E-state index in [-0.39, 0.29) is 37.5 Å². The van der Waals surface area contributed by atoms with Gasteiger partial charge in [-0.05, 0) is 128 Å². The van der Waals surface area contributed by atoms with Crippen LogP contribution in [0.2, 0.25) is 0 Å². The van der Waals surface area contributed by atoms with E-state index in [1.54, 1.807) is 0 Å². The monoisotopic (exact) mass is 1010 g/mol. The Balaban J connectivity index is 4.46. The van der Waals surface area contributed by atoms with E-state index in [1.165, 1.54) is 128 Å². The van der Waals surface area contributed by atoms with E-state index in [2.05, 4.69) is 130 Å². The Morgan fingerprint density at radius 2 is 0.534 bits per heavy atom. The standard InChI is InChI=1S/C67H112O6/c1-4-7-10-13-16-19-22-25-28-30-32-33-35-37-40-42-45-48-51-54-57-60-66(69)72-63-64(73-67(70)61-58-55-52-49-46-43-38-27-24-21-18-15-12-9-6-3)62-71-65(68)59-56-53-50-47-44-41-39-36-34-31-29-26-23-20-17-14-11-8-5-2/h8,11,17-18,20-21,25-29,34,36,38,41,44,46,49,64H,4-7,9-10,12-16,19,22-24,30-33,35,37,39-40,42-43,45,47-48,50-63H2,1-3H3/b11-8-,20-17-,21-18-,28-25-,29-26-,36-34-,38-27-,44-41-,49-46-/t64-/m1/s1. The molecule has 0 amide bonds. The summed E-state index contributed by atoms with van der Waals surface area (Å²) in [4.78, 5) is 38.2. The minimum atomic E-state index is -0.815. The molecule has 0 fully saturated rings. The molecule has 0 heterocycles. The van der Waals surface area contributed by atoms with Gasteiger partial charge < -0.3 is 14.2 Å². The van der Waals surface area contributed by atoms with Gasteiger partial charge in [-0.2, -0.15) is 0 Å². The normalized spacial score (nSPS) is 12.9. The molecule has 6 nitrogen and oxygen atoms in total. The first-order valence-corrected chi connectivity index (χ1v) is 30.4. The third kappa shape index (κ3) is 58.8. The van der Waals surface area contributed by atoms with E-state index in [0.717, 1.165) is 103 Å². The molecule has 73 heavy (non-hydrogen) atoms. The van der Waals surface area contributed by atoms with Crippen LogP contribution in [0.1, 0.15) is 278 Å². The van der Waals surface area contributed by atoms with Crippen molar-refractivity contribution in [1.29, 1.82) is 0 Å². The van der Waals surface area contributed by atoms with Gasteiger partial charge in [-0.1, -0.05) is 239 Å². The average molecular weight is 1010 g/mol.